The van der Waals surface area contributed by atoms with E-state index in [1.54, 1.807) is 24.3 Å². The summed E-state index contributed by atoms with van der Waals surface area (Å²) in [5.41, 5.74) is 13.4. The number of amides is 1. The van der Waals surface area contributed by atoms with Crippen LogP contribution in [0.15, 0.2) is 53.5 Å². The van der Waals surface area contributed by atoms with E-state index in [1.807, 2.05) is 4.90 Å². The van der Waals surface area contributed by atoms with E-state index >= 15 is 0 Å². The Morgan fingerprint density at radius 1 is 0.933 bits per heavy atom. The van der Waals surface area contributed by atoms with Gasteiger partial charge in [-0.3, -0.25) is 9.79 Å². The van der Waals surface area contributed by atoms with Gasteiger partial charge in [-0.2, -0.15) is 0 Å². The zero-order chi connectivity index (χ0) is 20.8. The highest BCUT2D eigenvalue weighted by molar-refractivity contribution is 14.0. The van der Waals surface area contributed by atoms with Gasteiger partial charge in [-0.25, -0.2) is 8.78 Å². The van der Waals surface area contributed by atoms with Crippen molar-refractivity contribution in [1.29, 1.82) is 0 Å². The molecular formula is C21H26F2IN5O. The molecule has 1 heterocycles. The summed E-state index contributed by atoms with van der Waals surface area (Å²) in [6.07, 6.45) is 0.380. The second-order valence-electron chi connectivity index (χ2n) is 7.08. The molecule has 0 aromatic heterocycles. The van der Waals surface area contributed by atoms with Crippen molar-refractivity contribution in [1.82, 2.24) is 4.90 Å². The van der Waals surface area contributed by atoms with Crippen LogP contribution in [0.4, 0.5) is 14.5 Å². The van der Waals surface area contributed by atoms with E-state index < -0.39 is 11.8 Å². The van der Waals surface area contributed by atoms with Crippen LogP contribution in [0.1, 0.15) is 5.56 Å². The molecule has 3 rings (SSSR count). The number of nitrogens with two attached hydrogens (primary N) is 2. The first kappa shape index (κ1) is 23.8. The molecule has 0 spiro atoms. The van der Waals surface area contributed by atoms with Crippen molar-refractivity contribution in [2.75, 3.05) is 37.6 Å². The van der Waals surface area contributed by atoms with Crippen LogP contribution < -0.4 is 16.4 Å². The topological polar surface area (TPSA) is 87.9 Å². The summed E-state index contributed by atoms with van der Waals surface area (Å²) >= 11 is 0. The fourth-order valence-corrected chi connectivity index (χ4v) is 3.31. The second kappa shape index (κ2) is 11.1. The maximum Gasteiger partial charge on any atom is 0.222 e. The number of halogens is 3. The van der Waals surface area contributed by atoms with Crippen LogP contribution >= 0.6 is 24.0 Å². The van der Waals surface area contributed by atoms with Gasteiger partial charge in [0.25, 0.3) is 0 Å². The predicted octanol–water partition coefficient (Wildman–Crippen LogP) is 2.36. The second-order valence-corrected chi connectivity index (χ2v) is 7.08. The Balaban J connectivity index is 0.00000320. The van der Waals surface area contributed by atoms with Crippen LogP contribution in [0.25, 0.3) is 0 Å². The smallest absolute Gasteiger partial charge is 0.222 e. The Hall–Kier alpha value is -2.43. The highest BCUT2D eigenvalue weighted by Gasteiger charge is 2.20. The first-order valence-corrected chi connectivity index (χ1v) is 9.51. The molecule has 1 fully saturated rings. The average molecular weight is 529 g/mol. The van der Waals surface area contributed by atoms with Gasteiger partial charge >= 0.3 is 0 Å². The highest BCUT2D eigenvalue weighted by atomic mass is 127. The molecular weight excluding hydrogens is 503 g/mol. The molecule has 0 saturated carbocycles. The quantitative estimate of drug-likeness (QED) is 0.342. The van der Waals surface area contributed by atoms with Crippen LogP contribution in [-0.4, -0.2) is 49.5 Å². The lowest BCUT2D eigenvalue weighted by Gasteiger charge is -2.36. The van der Waals surface area contributed by atoms with Gasteiger partial charge in [0.05, 0.1) is 12.5 Å². The number of nitrogens with zero attached hydrogens (tertiary/aromatic N) is 3. The molecule has 0 aliphatic carbocycles. The lowest BCUT2D eigenvalue weighted by Crippen LogP contribution is -2.51. The number of rotatable bonds is 6. The summed E-state index contributed by atoms with van der Waals surface area (Å²) in [6.45, 7) is 2.99. The fraction of sp³-hybridized carbons (Fsp3) is 0.333. The molecule has 1 saturated heterocycles. The first-order chi connectivity index (χ1) is 13.9. The number of carbonyl (C=O) groups excluding carboxylic acids is 1. The minimum atomic E-state index is -0.514. The van der Waals surface area contributed by atoms with Gasteiger partial charge in [0, 0.05) is 31.9 Å². The van der Waals surface area contributed by atoms with Gasteiger partial charge in [0.2, 0.25) is 5.91 Å². The van der Waals surface area contributed by atoms with E-state index in [9.17, 15) is 13.6 Å². The Kier molecular flexibility index (Phi) is 8.82. The van der Waals surface area contributed by atoms with Gasteiger partial charge in [0.15, 0.2) is 5.96 Å². The molecule has 1 unspecified atom stereocenters. The number of benzene rings is 2. The summed E-state index contributed by atoms with van der Waals surface area (Å²) in [5.74, 6) is -1.19. The number of anilines is 1. The van der Waals surface area contributed by atoms with Crippen molar-refractivity contribution in [2.24, 2.45) is 22.4 Å². The monoisotopic (exact) mass is 529 g/mol. The number of aliphatic imine (C=N–C) groups is 1. The summed E-state index contributed by atoms with van der Waals surface area (Å²) < 4.78 is 26.1. The standard InChI is InChI=1S/C21H25F2N5O.HI/c22-17-3-1-15(2-4-17)13-16(20(24)29)14-26-21(25)28-11-9-27(10-12-28)19-7-5-18(23)6-8-19;/h1-8,16H,9-14H2,(H2,24,29)(H2,25,26);1H. The Morgan fingerprint density at radius 2 is 1.47 bits per heavy atom. The zero-order valence-corrected chi connectivity index (χ0v) is 18.8. The molecule has 1 aliphatic rings. The number of primary amides is 1. The zero-order valence-electron chi connectivity index (χ0n) is 16.5. The number of hydrogen-bond acceptors (Lipinski definition) is 3. The minimum absolute atomic E-state index is 0. The van der Waals surface area contributed by atoms with Crippen LogP contribution in [0.2, 0.25) is 0 Å². The SMILES string of the molecule is I.NC(=O)C(CN=C(N)N1CCN(c2ccc(F)cc2)CC1)Cc1ccc(F)cc1. The van der Waals surface area contributed by atoms with E-state index in [2.05, 4.69) is 9.89 Å². The van der Waals surface area contributed by atoms with Gasteiger partial charge in [-0.1, -0.05) is 12.1 Å². The number of carbonyl (C=O) groups is 1. The third-order valence-electron chi connectivity index (χ3n) is 5.07. The molecule has 6 nitrogen and oxygen atoms in total. The molecule has 9 heteroatoms. The van der Waals surface area contributed by atoms with Crippen LogP contribution in [0.5, 0.6) is 0 Å². The molecule has 1 atom stereocenters. The van der Waals surface area contributed by atoms with E-state index in [1.165, 1.54) is 24.3 Å². The van der Waals surface area contributed by atoms with Crippen molar-refractivity contribution < 1.29 is 13.6 Å². The number of guanidine groups is 1. The predicted molar refractivity (Wildman–Crippen MR) is 125 cm³/mol. The maximum absolute atomic E-state index is 13.1. The van der Waals surface area contributed by atoms with E-state index in [4.69, 9.17) is 11.5 Å². The maximum atomic E-state index is 13.1. The van der Waals surface area contributed by atoms with Crippen molar-refractivity contribution in [3.8, 4) is 0 Å². The van der Waals surface area contributed by atoms with Crippen LogP contribution in [-0.2, 0) is 11.2 Å². The van der Waals surface area contributed by atoms with Gasteiger partial charge in [-0.05, 0) is 48.4 Å². The number of hydrogen-bond donors (Lipinski definition) is 2. The van der Waals surface area contributed by atoms with Crippen LogP contribution in [0, 0.1) is 17.6 Å². The minimum Gasteiger partial charge on any atom is -0.370 e. The summed E-state index contributed by atoms with van der Waals surface area (Å²) in [4.78, 5) is 20.3. The molecule has 162 valence electrons. The molecule has 0 radical (unpaired) electrons. The molecule has 1 aliphatic heterocycles. The molecule has 0 bridgehead atoms. The summed E-state index contributed by atoms with van der Waals surface area (Å²) in [7, 11) is 0. The molecule has 2 aromatic carbocycles. The van der Waals surface area contributed by atoms with Crippen molar-refractivity contribution in [3.63, 3.8) is 0 Å². The average Bonchev–Trinajstić information content (AvgIpc) is 2.72. The van der Waals surface area contributed by atoms with E-state index in [-0.39, 0.29) is 42.2 Å². The third-order valence-corrected chi connectivity index (χ3v) is 5.07. The normalized spacial score (nSPS) is 15.5. The summed E-state index contributed by atoms with van der Waals surface area (Å²) in [5, 5.41) is 0. The van der Waals surface area contributed by atoms with Crippen molar-refractivity contribution >= 4 is 41.5 Å². The summed E-state index contributed by atoms with van der Waals surface area (Å²) in [6, 6.07) is 12.4. The molecule has 30 heavy (non-hydrogen) atoms. The molecule has 2 aromatic rings. The van der Waals surface area contributed by atoms with Crippen LogP contribution in [0.3, 0.4) is 0 Å². The van der Waals surface area contributed by atoms with Gasteiger partial charge in [0.1, 0.15) is 11.6 Å². The first-order valence-electron chi connectivity index (χ1n) is 9.51. The van der Waals surface area contributed by atoms with Crippen molar-refractivity contribution in [3.05, 3.63) is 65.7 Å². The third kappa shape index (κ3) is 6.54. The van der Waals surface area contributed by atoms with Gasteiger partial charge in [-0.15, -0.1) is 24.0 Å². The Morgan fingerprint density at radius 3 is 2.00 bits per heavy atom. The highest BCUT2D eigenvalue weighted by Crippen LogP contribution is 2.17. The van der Waals surface area contributed by atoms with E-state index in [0.29, 0.717) is 25.5 Å². The number of piperazine rings is 1. The Bertz CT molecular complexity index is 853. The lowest BCUT2D eigenvalue weighted by molar-refractivity contribution is -0.121. The Labute approximate surface area is 191 Å². The molecule has 4 N–H and O–H groups in total. The molecule has 1 amide bonds. The van der Waals surface area contributed by atoms with Crippen molar-refractivity contribution in [2.45, 2.75) is 6.42 Å². The van der Waals surface area contributed by atoms with Gasteiger partial charge < -0.3 is 21.3 Å². The van der Waals surface area contributed by atoms with E-state index in [0.717, 1.165) is 24.3 Å². The largest absolute Gasteiger partial charge is 0.370 e. The fourth-order valence-electron chi connectivity index (χ4n) is 3.31. The lowest BCUT2D eigenvalue weighted by atomic mass is 9.99.